The fourth-order valence-electron chi connectivity index (χ4n) is 2.68. The summed E-state index contributed by atoms with van der Waals surface area (Å²) in [5.41, 5.74) is 6.92. The summed E-state index contributed by atoms with van der Waals surface area (Å²) >= 11 is 0. The number of benzene rings is 2. The first-order valence-electron chi connectivity index (χ1n) is 7.26. The molecule has 0 fully saturated rings. The van der Waals surface area contributed by atoms with Crippen LogP contribution >= 0.6 is 0 Å². The van der Waals surface area contributed by atoms with Crippen molar-refractivity contribution >= 4 is 21.6 Å². The monoisotopic (exact) mass is 349 g/mol. The molecule has 2 amide bonds. The number of amides is 2. The largest absolute Gasteiger partial charge is 0.351 e. The van der Waals surface area contributed by atoms with Gasteiger partial charge in [0.05, 0.1) is 10.6 Å². The van der Waals surface area contributed by atoms with Crippen molar-refractivity contribution in [1.29, 1.82) is 0 Å². The lowest BCUT2D eigenvalue weighted by Gasteiger charge is -2.09. The molecule has 2 aromatic rings. The van der Waals surface area contributed by atoms with E-state index in [4.69, 9.17) is 5.73 Å². The Kier molecular flexibility index (Phi) is 4.25. The van der Waals surface area contributed by atoms with Crippen LogP contribution in [0.2, 0.25) is 0 Å². The van der Waals surface area contributed by atoms with Crippen molar-refractivity contribution in [3.05, 3.63) is 58.9 Å². The number of sulfone groups is 1. The molecule has 0 aromatic heterocycles. The molecular formula is C16H16FN3O3S. The van der Waals surface area contributed by atoms with Gasteiger partial charge in [-0.15, -0.1) is 0 Å². The number of nitrogens with two attached hydrogens (primary N) is 1. The molecule has 0 spiro atoms. The summed E-state index contributed by atoms with van der Waals surface area (Å²) in [6.45, 7) is 0.996. The summed E-state index contributed by atoms with van der Waals surface area (Å²) < 4.78 is 39.4. The predicted molar refractivity (Wildman–Crippen MR) is 87.5 cm³/mol. The normalized spacial score (nSPS) is 13.5. The summed E-state index contributed by atoms with van der Waals surface area (Å²) in [5.74, 6) is -0.887. The summed E-state index contributed by atoms with van der Waals surface area (Å²) in [7, 11) is -3.70. The van der Waals surface area contributed by atoms with Crippen molar-refractivity contribution in [3.8, 4) is 0 Å². The Morgan fingerprint density at radius 3 is 2.54 bits per heavy atom. The van der Waals surface area contributed by atoms with Crippen molar-refractivity contribution in [2.45, 2.75) is 23.7 Å². The van der Waals surface area contributed by atoms with Crippen LogP contribution in [0.5, 0.6) is 0 Å². The Hall–Kier alpha value is -2.45. The first-order valence-corrected chi connectivity index (χ1v) is 8.91. The van der Waals surface area contributed by atoms with Gasteiger partial charge in [0.25, 0.3) is 0 Å². The number of urea groups is 1. The molecule has 3 rings (SSSR count). The topological polar surface area (TPSA) is 101 Å². The average molecular weight is 349 g/mol. The molecule has 1 heterocycles. The van der Waals surface area contributed by atoms with Crippen LogP contribution in [-0.2, 0) is 28.7 Å². The molecule has 0 aliphatic carbocycles. The molecular weight excluding hydrogens is 333 g/mol. The number of carbonyl (C=O) groups excluding carboxylic acids is 1. The van der Waals surface area contributed by atoms with Gasteiger partial charge in [0, 0.05) is 29.9 Å². The lowest BCUT2D eigenvalue weighted by atomic mass is 10.1. The van der Waals surface area contributed by atoms with Gasteiger partial charge < -0.3 is 16.4 Å². The molecule has 0 radical (unpaired) electrons. The molecule has 1 aliphatic rings. The minimum atomic E-state index is -3.70. The van der Waals surface area contributed by atoms with Crippen LogP contribution in [0.15, 0.2) is 41.3 Å². The number of carbonyl (C=O) groups is 1. The molecule has 126 valence electrons. The minimum absolute atomic E-state index is 0.0514. The van der Waals surface area contributed by atoms with Crippen molar-refractivity contribution in [2.75, 3.05) is 5.32 Å². The highest BCUT2D eigenvalue weighted by atomic mass is 32.2. The highest BCUT2D eigenvalue weighted by molar-refractivity contribution is 7.90. The van der Waals surface area contributed by atoms with E-state index in [9.17, 15) is 17.6 Å². The van der Waals surface area contributed by atoms with Gasteiger partial charge in [-0.05, 0) is 29.8 Å². The molecule has 2 aromatic carbocycles. The van der Waals surface area contributed by atoms with Gasteiger partial charge in [-0.3, -0.25) is 0 Å². The Bertz CT molecular complexity index is 896. The first-order chi connectivity index (χ1) is 11.4. The fraction of sp³-hybridized carbons (Fsp3) is 0.188. The van der Waals surface area contributed by atoms with Gasteiger partial charge in [-0.2, -0.15) is 0 Å². The number of rotatable bonds is 4. The van der Waals surface area contributed by atoms with Crippen LogP contribution in [0, 0.1) is 5.82 Å². The highest BCUT2D eigenvalue weighted by Crippen LogP contribution is 2.25. The minimum Gasteiger partial charge on any atom is -0.351 e. The molecule has 1 aliphatic heterocycles. The van der Waals surface area contributed by atoms with Crippen LogP contribution in [-0.4, -0.2) is 14.4 Å². The van der Waals surface area contributed by atoms with Crippen molar-refractivity contribution in [2.24, 2.45) is 5.73 Å². The van der Waals surface area contributed by atoms with Crippen LogP contribution in [0.4, 0.5) is 14.9 Å². The highest BCUT2D eigenvalue weighted by Gasteiger charge is 2.22. The van der Waals surface area contributed by atoms with Crippen molar-refractivity contribution in [1.82, 2.24) is 5.32 Å². The smallest absolute Gasteiger partial charge is 0.316 e. The molecule has 0 saturated heterocycles. The Labute approximate surface area is 138 Å². The summed E-state index contributed by atoms with van der Waals surface area (Å²) in [5, 5.41) is 5.39. The van der Waals surface area contributed by atoms with Crippen LogP contribution in [0.3, 0.4) is 0 Å². The van der Waals surface area contributed by atoms with E-state index in [0.717, 1.165) is 5.56 Å². The Balaban J connectivity index is 1.85. The third-order valence-electron chi connectivity index (χ3n) is 3.86. The molecule has 8 heteroatoms. The molecule has 0 unspecified atom stereocenters. The quantitative estimate of drug-likeness (QED) is 0.784. The van der Waals surface area contributed by atoms with E-state index in [2.05, 4.69) is 10.6 Å². The van der Waals surface area contributed by atoms with Crippen LogP contribution < -0.4 is 16.4 Å². The number of fused-ring (bicyclic) bond motifs is 1. The number of hydrogen-bond acceptors (Lipinski definition) is 4. The number of anilines is 1. The standard InChI is InChI=1S/C16H16FN3O3S/c17-15-11(2-1-10-7-19-8-14(10)15)9-24(22,23)13-5-3-12(4-6-13)20-16(18)21/h1-6,19H,7-9H2,(H3,18,20,21). The second kappa shape index (κ2) is 6.21. The molecule has 6 nitrogen and oxygen atoms in total. The van der Waals surface area contributed by atoms with Crippen LogP contribution in [0.25, 0.3) is 0 Å². The third-order valence-corrected chi connectivity index (χ3v) is 5.55. The second-order valence-corrected chi connectivity index (χ2v) is 7.54. The average Bonchev–Trinajstić information content (AvgIpc) is 2.99. The first kappa shape index (κ1) is 16.4. The molecule has 4 N–H and O–H groups in total. The van der Waals surface area contributed by atoms with Crippen molar-refractivity contribution < 1.29 is 17.6 Å². The maximum absolute atomic E-state index is 14.5. The number of halogens is 1. The van der Waals surface area contributed by atoms with E-state index < -0.39 is 27.4 Å². The maximum atomic E-state index is 14.5. The fourth-order valence-corrected chi connectivity index (χ4v) is 4.03. The third kappa shape index (κ3) is 3.24. The molecule has 0 bridgehead atoms. The Morgan fingerprint density at radius 1 is 1.17 bits per heavy atom. The van der Waals surface area contributed by atoms with Crippen molar-refractivity contribution in [3.63, 3.8) is 0 Å². The van der Waals surface area contributed by atoms with Gasteiger partial charge in [-0.1, -0.05) is 12.1 Å². The van der Waals surface area contributed by atoms with E-state index in [-0.39, 0.29) is 10.5 Å². The van der Waals surface area contributed by atoms with E-state index in [0.29, 0.717) is 24.3 Å². The van der Waals surface area contributed by atoms with E-state index >= 15 is 0 Å². The molecule has 24 heavy (non-hydrogen) atoms. The Morgan fingerprint density at radius 2 is 1.88 bits per heavy atom. The van der Waals surface area contributed by atoms with Gasteiger partial charge in [0.1, 0.15) is 5.82 Å². The van der Waals surface area contributed by atoms with E-state index in [1.807, 2.05) is 0 Å². The lowest BCUT2D eigenvalue weighted by molar-refractivity contribution is 0.259. The SMILES string of the molecule is NC(=O)Nc1ccc(S(=O)(=O)Cc2ccc3c(c2F)CNC3)cc1. The zero-order chi connectivity index (χ0) is 17.3. The van der Waals surface area contributed by atoms with E-state index in [1.165, 1.54) is 30.3 Å². The lowest BCUT2D eigenvalue weighted by Crippen LogP contribution is -2.19. The summed E-state index contributed by atoms with van der Waals surface area (Å²) in [6, 6.07) is 8.10. The molecule has 0 saturated carbocycles. The number of hydrogen-bond donors (Lipinski definition) is 3. The second-order valence-electron chi connectivity index (χ2n) is 5.55. The van der Waals surface area contributed by atoms with Gasteiger partial charge in [0.15, 0.2) is 9.84 Å². The van der Waals surface area contributed by atoms with Gasteiger partial charge in [-0.25, -0.2) is 17.6 Å². The van der Waals surface area contributed by atoms with E-state index in [1.54, 1.807) is 6.07 Å². The summed E-state index contributed by atoms with van der Waals surface area (Å²) in [4.78, 5) is 10.8. The number of primary amides is 1. The summed E-state index contributed by atoms with van der Waals surface area (Å²) in [6.07, 6.45) is 0. The van der Waals surface area contributed by atoms with Gasteiger partial charge in [0.2, 0.25) is 0 Å². The van der Waals surface area contributed by atoms with Gasteiger partial charge >= 0.3 is 6.03 Å². The molecule has 0 atom stereocenters. The zero-order valence-corrected chi connectivity index (χ0v) is 13.5. The maximum Gasteiger partial charge on any atom is 0.316 e. The zero-order valence-electron chi connectivity index (χ0n) is 12.7. The van der Waals surface area contributed by atoms with Crippen LogP contribution in [0.1, 0.15) is 16.7 Å². The predicted octanol–water partition coefficient (Wildman–Crippen LogP) is 1.89. The number of nitrogens with one attached hydrogen (secondary N) is 2.